The van der Waals surface area contributed by atoms with Crippen LogP contribution in [0.3, 0.4) is 0 Å². The molecule has 0 atom stereocenters. The Morgan fingerprint density at radius 3 is 2.18 bits per heavy atom. The van der Waals surface area contributed by atoms with Crippen LogP contribution in [0.1, 0.15) is 36.7 Å². The van der Waals surface area contributed by atoms with E-state index in [0.29, 0.717) is 11.1 Å². The molecular weight excluding hydrogens is 308 g/mol. The minimum Gasteiger partial charge on any atom is -0.480 e. The highest BCUT2D eigenvalue weighted by molar-refractivity contribution is 7.89. The van der Waals surface area contributed by atoms with Crippen molar-refractivity contribution < 1.29 is 23.1 Å². The molecule has 0 aromatic heterocycles. The van der Waals surface area contributed by atoms with Crippen molar-refractivity contribution in [3.63, 3.8) is 0 Å². The molecule has 1 rings (SSSR count). The lowest BCUT2D eigenvalue weighted by molar-refractivity contribution is -0.143. The van der Waals surface area contributed by atoms with Crippen molar-refractivity contribution >= 4 is 21.9 Å². The van der Waals surface area contributed by atoms with E-state index >= 15 is 0 Å². The van der Waals surface area contributed by atoms with E-state index in [0.717, 1.165) is 0 Å². The standard InChI is InChI=1S/C14H20N2O5S/c1-4-22(20,21)15-9-10-5-7-11(8-6-10)12(17)16-14(2,3)13(18)19/h5-8,15H,4,9H2,1-3H3,(H,16,17)(H,18,19). The van der Waals surface area contributed by atoms with E-state index in [1.165, 1.54) is 26.0 Å². The van der Waals surface area contributed by atoms with Crippen molar-refractivity contribution in [3.05, 3.63) is 35.4 Å². The zero-order valence-corrected chi connectivity index (χ0v) is 13.5. The summed E-state index contributed by atoms with van der Waals surface area (Å²) in [5.41, 5.74) is -0.366. The molecule has 1 aromatic carbocycles. The van der Waals surface area contributed by atoms with Crippen LogP contribution in [0.2, 0.25) is 0 Å². The number of sulfonamides is 1. The Balaban J connectivity index is 2.73. The maximum atomic E-state index is 12.0. The summed E-state index contributed by atoms with van der Waals surface area (Å²) < 4.78 is 25.1. The van der Waals surface area contributed by atoms with Gasteiger partial charge in [0.1, 0.15) is 5.54 Å². The van der Waals surface area contributed by atoms with Gasteiger partial charge in [0.25, 0.3) is 5.91 Å². The first kappa shape index (κ1) is 18.1. The van der Waals surface area contributed by atoms with Crippen LogP contribution in [-0.2, 0) is 21.4 Å². The molecule has 0 spiro atoms. The fourth-order valence-electron chi connectivity index (χ4n) is 1.48. The second kappa shape index (κ2) is 6.89. The Bertz CT molecular complexity index is 650. The van der Waals surface area contributed by atoms with Gasteiger partial charge in [-0.1, -0.05) is 12.1 Å². The van der Waals surface area contributed by atoms with Crippen LogP contribution < -0.4 is 10.0 Å². The molecule has 0 radical (unpaired) electrons. The molecule has 8 heteroatoms. The fraction of sp³-hybridized carbons (Fsp3) is 0.429. The van der Waals surface area contributed by atoms with Gasteiger partial charge in [0.15, 0.2) is 0 Å². The average Bonchev–Trinajstić information content (AvgIpc) is 2.45. The predicted octanol–water partition coefficient (Wildman–Crippen LogP) is 0.719. The first-order valence-electron chi connectivity index (χ1n) is 6.69. The molecule has 3 N–H and O–H groups in total. The Morgan fingerprint density at radius 2 is 1.73 bits per heavy atom. The molecule has 22 heavy (non-hydrogen) atoms. The smallest absolute Gasteiger partial charge is 0.328 e. The summed E-state index contributed by atoms with van der Waals surface area (Å²) >= 11 is 0. The summed E-state index contributed by atoms with van der Waals surface area (Å²) in [5, 5.41) is 11.4. The van der Waals surface area contributed by atoms with Gasteiger partial charge in [-0.05, 0) is 38.5 Å². The maximum Gasteiger partial charge on any atom is 0.328 e. The van der Waals surface area contributed by atoms with Crippen molar-refractivity contribution in [2.45, 2.75) is 32.9 Å². The van der Waals surface area contributed by atoms with Gasteiger partial charge in [0, 0.05) is 12.1 Å². The molecule has 0 aliphatic rings. The van der Waals surface area contributed by atoms with Crippen molar-refractivity contribution in [2.24, 2.45) is 0 Å². The summed E-state index contributed by atoms with van der Waals surface area (Å²) in [4.78, 5) is 22.9. The van der Waals surface area contributed by atoms with Crippen molar-refractivity contribution in [1.82, 2.24) is 10.0 Å². The topological polar surface area (TPSA) is 113 Å². The van der Waals surface area contributed by atoms with Crippen LogP contribution in [0.4, 0.5) is 0 Å². The molecule has 0 saturated heterocycles. The average molecular weight is 328 g/mol. The first-order chi connectivity index (χ1) is 10.1. The van der Waals surface area contributed by atoms with Crippen LogP contribution in [0, 0.1) is 0 Å². The van der Waals surface area contributed by atoms with E-state index < -0.39 is 27.4 Å². The van der Waals surface area contributed by atoms with Crippen LogP contribution in [0.5, 0.6) is 0 Å². The van der Waals surface area contributed by atoms with E-state index in [1.807, 2.05) is 0 Å². The summed E-state index contributed by atoms with van der Waals surface area (Å²) in [7, 11) is -3.27. The molecule has 0 bridgehead atoms. The molecule has 0 aliphatic heterocycles. The van der Waals surface area contributed by atoms with E-state index in [-0.39, 0.29) is 12.3 Å². The van der Waals surface area contributed by atoms with Gasteiger partial charge in [0.2, 0.25) is 10.0 Å². The molecule has 0 unspecified atom stereocenters. The summed E-state index contributed by atoms with van der Waals surface area (Å²) in [6.45, 7) is 4.46. The fourth-order valence-corrected chi connectivity index (χ4v) is 2.07. The number of rotatable bonds is 7. The highest BCUT2D eigenvalue weighted by Crippen LogP contribution is 2.08. The molecule has 0 saturated carbocycles. The van der Waals surface area contributed by atoms with Crippen LogP contribution in [-0.4, -0.2) is 36.7 Å². The molecule has 0 heterocycles. The normalized spacial score (nSPS) is 12.0. The molecule has 1 amide bonds. The SMILES string of the molecule is CCS(=O)(=O)NCc1ccc(C(=O)NC(C)(C)C(=O)O)cc1. The van der Waals surface area contributed by atoms with Crippen LogP contribution >= 0.6 is 0 Å². The minimum atomic E-state index is -3.27. The Labute approximate surface area is 129 Å². The lowest BCUT2D eigenvalue weighted by Gasteiger charge is -2.21. The minimum absolute atomic E-state index is 0.00222. The molecule has 7 nitrogen and oxygen atoms in total. The van der Waals surface area contributed by atoms with E-state index in [1.54, 1.807) is 19.1 Å². The van der Waals surface area contributed by atoms with Gasteiger partial charge in [-0.25, -0.2) is 17.9 Å². The monoisotopic (exact) mass is 328 g/mol. The summed E-state index contributed by atoms with van der Waals surface area (Å²) in [5.74, 6) is -1.64. The summed E-state index contributed by atoms with van der Waals surface area (Å²) in [6, 6.07) is 6.26. The Morgan fingerprint density at radius 1 is 1.18 bits per heavy atom. The molecule has 122 valence electrons. The second-order valence-corrected chi connectivity index (χ2v) is 7.40. The van der Waals surface area contributed by atoms with Crippen molar-refractivity contribution in [3.8, 4) is 0 Å². The number of carbonyl (C=O) groups excluding carboxylic acids is 1. The van der Waals surface area contributed by atoms with Gasteiger partial charge >= 0.3 is 5.97 Å². The van der Waals surface area contributed by atoms with Gasteiger partial charge in [0.05, 0.1) is 5.75 Å². The van der Waals surface area contributed by atoms with Gasteiger partial charge in [-0.3, -0.25) is 4.79 Å². The number of hydrogen-bond donors (Lipinski definition) is 3. The number of carbonyl (C=O) groups is 2. The van der Waals surface area contributed by atoms with Crippen LogP contribution in [0.25, 0.3) is 0 Å². The van der Waals surface area contributed by atoms with E-state index in [9.17, 15) is 18.0 Å². The molecule has 1 aromatic rings. The zero-order chi connectivity index (χ0) is 17.0. The second-order valence-electron chi connectivity index (χ2n) is 5.31. The van der Waals surface area contributed by atoms with Gasteiger partial charge in [-0.2, -0.15) is 0 Å². The lowest BCUT2D eigenvalue weighted by Crippen LogP contribution is -2.49. The number of carboxylic acid groups (broad SMARTS) is 1. The van der Waals surface area contributed by atoms with Crippen molar-refractivity contribution in [1.29, 1.82) is 0 Å². The number of nitrogens with one attached hydrogen (secondary N) is 2. The summed E-state index contributed by atoms with van der Waals surface area (Å²) in [6.07, 6.45) is 0. The predicted molar refractivity (Wildman–Crippen MR) is 81.9 cm³/mol. The third-order valence-corrected chi connectivity index (χ3v) is 4.40. The number of amides is 1. The third-order valence-electron chi connectivity index (χ3n) is 3.05. The highest BCUT2D eigenvalue weighted by atomic mass is 32.2. The van der Waals surface area contributed by atoms with E-state index in [2.05, 4.69) is 10.0 Å². The number of aliphatic carboxylic acids is 1. The highest BCUT2D eigenvalue weighted by Gasteiger charge is 2.29. The van der Waals surface area contributed by atoms with Crippen LogP contribution in [0.15, 0.2) is 24.3 Å². The first-order valence-corrected chi connectivity index (χ1v) is 8.35. The third kappa shape index (κ3) is 5.12. The van der Waals surface area contributed by atoms with Crippen molar-refractivity contribution in [2.75, 3.05) is 5.75 Å². The van der Waals surface area contributed by atoms with Gasteiger partial charge < -0.3 is 10.4 Å². The van der Waals surface area contributed by atoms with E-state index in [4.69, 9.17) is 5.11 Å². The molecule has 0 aliphatic carbocycles. The maximum absolute atomic E-state index is 12.0. The van der Waals surface area contributed by atoms with Gasteiger partial charge in [-0.15, -0.1) is 0 Å². The largest absolute Gasteiger partial charge is 0.480 e. The zero-order valence-electron chi connectivity index (χ0n) is 12.7. The quantitative estimate of drug-likeness (QED) is 0.682. The number of benzene rings is 1. The Kier molecular flexibility index (Phi) is 5.67. The molecule has 0 fully saturated rings. The number of hydrogen-bond acceptors (Lipinski definition) is 4. The lowest BCUT2D eigenvalue weighted by atomic mass is 10.0. The molecular formula is C14H20N2O5S. The number of carboxylic acids is 1. The Hall–Kier alpha value is -1.93.